The molecule has 0 fully saturated rings. The predicted molar refractivity (Wildman–Crippen MR) is 118 cm³/mol. The van der Waals surface area contributed by atoms with E-state index in [2.05, 4.69) is 33.9 Å². The van der Waals surface area contributed by atoms with E-state index in [4.69, 9.17) is 0 Å². The van der Waals surface area contributed by atoms with Crippen LogP contribution in [-0.4, -0.2) is 70.1 Å². The highest BCUT2D eigenvalue weighted by atomic mass is 32.1. The Morgan fingerprint density at radius 3 is 2.60 bits per heavy atom. The van der Waals surface area contributed by atoms with Gasteiger partial charge in [-0.2, -0.15) is 0 Å². The Bertz CT molecular complexity index is 888. The quantitative estimate of drug-likeness (QED) is 0.725. The van der Waals surface area contributed by atoms with Crippen LogP contribution in [0.25, 0.3) is 0 Å². The van der Waals surface area contributed by atoms with Crippen molar-refractivity contribution >= 4 is 23.2 Å². The van der Waals surface area contributed by atoms with E-state index in [-0.39, 0.29) is 17.9 Å². The van der Waals surface area contributed by atoms with E-state index in [1.165, 1.54) is 11.3 Å². The molecule has 1 aliphatic rings. The van der Waals surface area contributed by atoms with Crippen LogP contribution in [0.15, 0.2) is 12.1 Å². The number of nitrogens with zero attached hydrogens (tertiary/aromatic N) is 5. The van der Waals surface area contributed by atoms with Crippen LogP contribution in [0.3, 0.4) is 0 Å². The monoisotopic (exact) mass is 432 g/mol. The Morgan fingerprint density at radius 1 is 1.20 bits per heavy atom. The summed E-state index contributed by atoms with van der Waals surface area (Å²) in [6.07, 6.45) is 1.44. The number of hydrogen-bond donors (Lipinski definition) is 1. The van der Waals surface area contributed by atoms with Crippen molar-refractivity contribution in [3.63, 3.8) is 0 Å². The minimum Gasteiger partial charge on any atom is -0.345 e. The van der Waals surface area contributed by atoms with Gasteiger partial charge in [-0.05, 0) is 45.5 Å². The van der Waals surface area contributed by atoms with Gasteiger partial charge in [0.05, 0.1) is 17.5 Å². The molecule has 2 amide bonds. The molecule has 0 saturated carbocycles. The van der Waals surface area contributed by atoms with Crippen LogP contribution < -0.4 is 5.32 Å². The van der Waals surface area contributed by atoms with Crippen molar-refractivity contribution < 1.29 is 9.59 Å². The standard InChI is InChI=1S/C21H32N6O2S/c1-14(2)12-16(22-19(28)13-25(4)5)20-24-23-18-8-9-26(10-11-27(18)20)21(29)17-7-6-15(3)30-17/h6-7,14,16H,8-13H2,1-5H3,(H,22,28)/t16-/m0/s1. The zero-order chi connectivity index (χ0) is 21.8. The third-order valence-corrected chi connectivity index (χ3v) is 6.10. The molecule has 1 N–H and O–H groups in total. The molecule has 0 aromatic carbocycles. The van der Waals surface area contributed by atoms with E-state index >= 15 is 0 Å². The van der Waals surface area contributed by atoms with E-state index in [9.17, 15) is 9.59 Å². The van der Waals surface area contributed by atoms with Gasteiger partial charge in [-0.25, -0.2) is 0 Å². The minimum absolute atomic E-state index is 0.0264. The molecule has 1 aliphatic heterocycles. The molecule has 0 spiro atoms. The maximum atomic E-state index is 12.9. The number of carbonyl (C=O) groups excluding carboxylic acids is 2. The highest BCUT2D eigenvalue weighted by Gasteiger charge is 2.27. The summed E-state index contributed by atoms with van der Waals surface area (Å²) in [7, 11) is 3.75. The SMILES string of the molecule is Cc1ccc(C(=O)N2CCc3nnc([C@H](CC(C)C)NC(=O)CN(C)C)n3CC2)s1. The molecule has 0 aliphatic carbocycles. The fourth-order valence-electron chi connectivity index (χ4n) is 3.74. The molecule has 0 radical (unpaired) electrons. The lowest BCUT2D eigenvalue weighted by molar-refractivity contribution is -0.122. The summed E-state index contributed by atoms with van der Waals surface area (Å²) in [6, 6.07) is 3.69. The first-order valence-corrected chi connectivity index (χ1v) is 11.3. The lowest BCUT2D eigenvalue weighted by atomic mass is 10.0. The molecule has 0 saturated heterocycles. The van der Waals surface area contributed by atoms with Crippen molar-refractivity contribution in [2.75, 3.05) is 33.7 Å². The molecule has 3 heterocycles. The van der Waals surface area contributed by atoms with E-state index < -0.39 is 0 Å². The summed E-state index contributed by atoms with van der Waals surface area (Å²) >= 11 is 1.53. The van der Waals surface area contributed by atoms with Crippen molar-refractivity contribution in [2.45, 2.75) is 46.2 Å². The molecular formula is C21H32N6O2S. The lowest BCUT2D eigenvalue weighted by Gasteiger charge is -2.23. The second-order valence-corrected chi connectivity index (χ2v) is 9.85. The maximum Gasteiger partial charge on any atom is 0.264 e. The Balaban J connectivity index is 1.76. The van der Waals surface area contributed by atoms with Crippen molar-refractivity contribution in [2.24, 2.45) is 5.92 Å². The van der Waals surface area contributed by atoms with Crippen LogP contribution in [-0.2, 0) is 17.8 Å². The van der Waals surface area contributed by atoms with E-state index in [0.717, 1.165) is 27.8 Å². The van der Waals surface area contributed by atoms with E-state index in [1.54, 1.807) is 0 Å². The number of carbonyl (C=O) groups is 2. The van der Waals surface area contributed by atoms with Crippen molar-refractivity contribution in [1.29, 1.82) is 0 Å². The van der Waals surface area contributed by atoms with Crippen LogP contribution in [0.5, 0.6) is 0 Å². The minimum atomic E-state index is -0.194. The van der Waals surface area contributed by atoms with Crippen molar-refractivity contribution in [3.8, 4) is 0 Å². The lowest BCUT2D eigenvalue weighted by Crippen LogP contribution is -2.38. The third-order valence-electron chi connectivity index (χ3n) is 5.11. The highest BCUT2D eigenvalue weighted by Crippen LogP contribution is 2.23. The molecule has 9 heteroatoms. The summed E-state index contributed by atoms with van der Waals surface area (Å²) in [4.78, 5) is 31.0. The number of nitrogens with one attached hydrogen (secondary N) is 1. The molecule has 2 aromatic heterocycles. The molecule has 1 atom stereocenters. The molecule has 30 heavy (non-hydrogen) atoms. The first kappa shape index (κ1) is 22.4. The highest BCUT2D eigenvalue weighted by molar-refractivity contribution is 7.13. The van der Waals surface area contributed by atoms with Gasteiger partial charge in [-0.3, -0.25) is 9.59 Å². The van der Waals surface area contributed by atoms with Gasteiger partial charge in [-0.15, -0.1) is 21.5 Å². The number of hydrogen-bond acceptors (Lipinski definition) is 6. The summed E-state index contributed by atoms with van der Waals surface area (Å²) in [5, 5.41) is 12.0. The van der Waals surface area contributed by atoms with Gasteiger partial charge in [0.2, 0.25) is 5.91 Å². The van der Waals surface area contributed by atoms with Crippen LogP contribution in [0.1, 0.15) is 52.5 Å². The van der Waals surface area contributed by atoms with Crippen molar-refractivity contribution in [3.05, 3.63) is 33.5 Å². The summed E-state index contributed by atoms with van der Waals surface area (Å²) in [6.45, 7) is 8.47. The number of likely N-dealkylation sites (N-methyl/N-ethyl adjacent to an activating group) is 1. The average Bonchev–Trinajstić information content (AvgIpc) is 3.20. The van der Waals surface area contributed by atoms with Gasteiger partial charge in [0, 0.05) is 30.9 Å². The number of aromatic nitrogens is 3. The Morgan fingerprint density at radius 2 is 1.97 bits per heavy atom. The van der Waals surface area contributed by atoms with Crippen LogP contribution in [0.2, 0.25) is 0 Å². The molecule has 3 rings (SSSR count). The first-order valence-electron chi connectivity index (χ1n) is 10.5. The summed E-state index contributed by atoms with van der Waals surface area (Å²) in [5.74, 6) is 2.10. The normalized spacial score (nSPS) is 15.2. The molecule has 0 bridgehead atoms. The van der Waals surface area contributed by atoms with E-state index in [0.29, 0.717) is 38.5 Å². The second kappa shape index (κ2) is 9.70. The van der Waals surface area contributed by atoms with Crippen LogP contribution in [0.4, 0.5) is 0 Å². The number of amides is 2. The van der Waals surface area contributed by atoms with Crippen molar-refractivity contribution in [1.82, 2.24) is 29.9 Å². The third kappa shape index (κ3) is 5.46. The Kier molecular flexibility index (Phi) is 7.25. The summed E-state index contributed by atoms with van der Waals surface area (Å²) in [5.41, 5.74) is 0. The smallest absolute Gasteiger partial charge is 0.264 e. The van der Waals surface area contributed by atoms with Crippen LogP contribution >= 0.6 is 11.3 Å². The largest absolute Gasteiger partial charge is 0.345 e. The predicted octanol–water partition coefficient (Wildman–Crippen LogP) is 2.11. The van der Waals surface area contributed by atoms with Gasteiger partial charge in [0.1, 0.15) is 5.82 Å². The molecular weight excluding hydrogens is 400 g/mol. The van der Waals surface area contributed by atoms with E-state index in [1.807, 2.05) is 43.0 Å². The zero-order valence-electron chi connectivity index (χ0n) is 18.5. The Labute approximate surface area is 182 Å². The van der Waals surface area contributed by atoms with Gasteiger partial charge in [0.15, 0.2) is 5.82 Å². The van der Waals surface area contributed by atoms with Crippen LogP contribution in [0, 0.1) is 12.8 Å². The number of fused-ring (bicyclic) bond motifs is 1. The number of aryl methyl sites for hydroxylation is 1. The molecule has 2 aromatic rings. The number of rotatable bonds is 7. The number of thiophene rings is 1. The van der Waals surface area contributed by atoms with Gasteiger partial charge in [0.25, 0.3) is 5.91 Å². The first-order chi connectivity index (χ1) is 14.2. The topological polar surface area (TPSA) is 83.4 Å². The van der Waals surface area contributed by atoms with Gasteiger partial charge in [-0.1, -0.05) is 13.8 Å². The van der Waals surface area contributed by atoms with Gasteiger partial charge < -0.3 is 19.7 Å². The zero-order valence-corrected chi connectivity index (χ0v) is 19.3. The fourth-order valence-corrected chi connectivity index (χ4v) is 4.57. The maximum absolute atomic E-state index is 12.9. The fraction of sp³-hybridized carbons (Fsp3) is 0.619. The Hall–Kier alpha value is -2.26. The molecule has 164 valence electrons. The molecule has 8 nitrogen and oxygen atoms in total. The molecule has 0 unspecified atom stereocenters. The second-order valence-electron chi connectivity index (χ2n) is 8.57. The average molecular weight is 433 g/mol. The summed E-state index contributed by atoms with van der Waals surface area (Å²) < 4.78 is 2.09. The van der Waals surface area contributed by atoms with Gasteiger partial charge >= 0.3 is 0 Å².